The topological polar surface area (TPSA) is 91.0 Å². The number of hydrogen-bond donors (Lipinski definition) is 0. The van der Waals surface area contributed by atoms with Gasteiger partial charge < -0.3 is 23.4 Å². The fourth-order valence-corrected chi connectivity index (χ4v) is 3.35. The smallest absolute Gasteiger partial charge is 0.354 e. The monoisotopic (exact) mass is 390 g/mol. The third-order valence-corrected chi connectivity index (χ3v) is 4.62. The predicted octanol–water partition coefficient (Wildman–Crippen LogP) is 2.36. The zero-order chi connectivity index (χ0) is 20.8. The summed E-state index contributed by atoms with van der Waals surface area (Å²) in [4.78, 5) is 39.1. The molecule has 0 aliphatic rings. The number of amides is 1. The second-order valence-corrected chi connectivity index (χ2v) is 6.36. The summed E-state index contributed by atoms with van der Waals surface area (Å²) in [7, 11) is 2.73. The van der Waals surface area contributed by atoms with Crippen LogP contribution in [-0.2, 0) is 27.4 Å². The van der Waals surface area contributed by atoms with Crippen molar-refractivity contribution in [2.24, 2.45) is 0 Å². The van der Waals surface area contributed by atoms with Crippen molar-refractivity contribution in [3.05, 3.63) is 46.7 Å². The molecule has 0 aliphatic carbocycles. The van der Waals surface area contributed by atoms with E-state index in [2.05, 4.69) is 0 Å². The average molecular weight is 390 g/mol. The Balaban J connectivity index is 2.36. The summed E-state index contributed by atoms with van der Waals surface area (Å²) in [5.41, 5.74) is 2.00. The molecule has 152 valence electrons. The van der Waals surface area contributed by atoms with Gasteiger partial charge in [0.25, 0.3) is 0 Å². The highest BCUT2D eigenvalue weighted by Gasteiger charge is 2.28. The van der Waals surface area contributed by atoms with E-state index < -0.39 is 5.97 Å². The lowest BCUT2D eigenvalue weighted by Gasteiger charge is -2.21. The second kappa shape index (κ2) is 9.36. The number of esters is 1. The molecule has 0 aliphatic heterocycles. The third kappa shape index (κ3) is 4.33. The van der Waals surface area contributed by atoms with Crippen molar-refractivity contribution in [2.75, 3.05) is 27.4 Å². The molecular formula is C20H26N2O6. The van der Waals surface area contributed by atoms with Crippen LogP contribution in [0.2, 0.25) is 0 Å². The molecule has 2 rings (SSSR count). The van der Waals surface area contributed by atoms with Crippen molar-refractivity contribution in [3.63, 3.8) is 0 Å². The van der Waals surface area contributed by atoms with Crippen molar-refractivity contribution in [1.29, 1.82) is 0 Å². The van der Waals surface area contributed by atoms with E-state index in [9.17, 15) is 14.4 Å². The van der Waals surface area contributed by atoms with Gasteiger partial charge in [0.15, 0.2) is 5.78 Å². The molecule has 1 amide bonds. The van der Waals surface area contributed by atoms with Crippen LogP contribution >= 0.6 is 0 Å². The summed E-state index contributed by atoms with van der Waals surface area (Å²) in [6.07, 6.45) is 1.51. The normalized spacial score (nSPS) is 10.8. The van der Waals surface area contributed by atoms with Gasteiger partial charge in [0.2, 0.25) is 5.91 Å². The van der Waals surface area contributed by atoms with Crippen LogP contribution in [0, 0.1) is 13.8 Å². The number of carbonyl (C=O) groups excluding carboxylic acids is 3. The number of hydrogen-bond acceptors (Lipinski definition) is 6. The van der Waals surface area contributed by atoms with Crippen LogP contribution < -0.4 is 0 Å². The molecule has 0 spiro atoms. The Morgan fingerprint density at radius 3 is 2.46 bits per heavy atom. The number of aromatic nitrogens is 1. The Morgan fingerprint density at radius 2 is 1.93 bits per heavy atom. The van der Waals surface area contributed by atoms with E-state index in [0.717, 1.165) is 0 Å². The molecule has 28 heavy (non-hydrogen) atoms. The van der Waals surface area contributed by atoms with Crippen LogP contribution in [-0.4, -0.2) is 54.5 Å². The first-order chi connectivity index (χ1) is 13.3. The predicted molar refractivity (Wildman–Crippen MR) is 101 cm³/mol. The molecule has 8 heteroatoms. The van der Waals surface area contributed by atoms with E-state index in [4.69, 9.17) is 13.9 Å². The van der Waals surface area contributed by atoms with Crippen LogP contribution in [0.25, 0.3) is 0 Å². The van der Waals surface area contributed by atoms with E-state index in [0.29, 0.717) is 34.8 Å². The van der Waals surface area contributed by atoms with Crippen LogP contribution in [0.1, 0.15) is 44.8 Å². The van der Waals surface area contributed by atoms with Gasteiger partial charge >= 0.3 is 5.97 Å². The Kier molecular flexibility index (Phi) is 7.17. The zero-order valence-corrected chi connectivity index (χ0v) is 16.9. The van der Waals surface area contributed by atoms with Gasteiger partial charge in [-0.05, 0) is 38.5 Å². The van der Waals surface area contributed by atoms with Crippen LogP contribution in [0.3, 0.4) is 0 Å². The largest absolute Gasteiger partial charge is 0.467 e. The Bertz CT molecular complexity index is 851. The van der Waals surface area contributed by atoms with Crippen molar-refractivity contribution in [2.45, 2.75) is 33.9 Å². The lowest BCUT2D eigenvalue weighted by molar-refractivity contribution is -0.135. The summed E-state index contributed by atoms with van der Waals surface area (Å²) in [5.74, 6) is -0.523. The molecular weight excluding hydrogens is 364 g/mol. The zero-order valence-electron chi connectivity index (χ0n) is 16.9. The molecule has 0 N–H and O–H groups in total. The van der Waals surface area contributed by atoms with Crippen LogP contribution in [0.4, 0.5) is 0 Å². The molecule has 0 aromatic carbocycles. The summed E-state index contributed by atoms with van der Waals surface area (Å²) < 4.78 is 16.8. The molecule has 0 atom stereocenters. The highest BCUT2D eigenvalue weighted by molar-refractivity contribution is 6.04. The lowest BCUT2D eigenvalue weighted by Crippen LogP contribution is -2.37. The van der Waals surface area contributed by atoms with Crippen molar-refractivity contribution < 1.29 is 28.3 Å². The highest BCUT2D eigenvalue weighted by Crippen LogP contribution is 2.24. The minimum atomic E-state index is -0.496. The van der Waals surface area contributed by atoms with Gasteiger partial charge in [-0.25, -0.2) is 4.79 Å². The van der Waals surface area contributed by atoms with Crippen molar-refractivity contribution >= 4 is 17.7 Å². The summed E-state index contributed by atoms with van der Waals surface area (Å²) in [6.45, 7) is 5.75. The van der Waals surface area contributed by atoms with Crippen LogP contribution in [0.15, 0.2) is 22.8 Å². The fourth-order valence-electron chi connectivity index (χ4n) is 3.35. The molecule has 0 radical (unpaired) electrons. The minimum Gasteiger partial charge on any atom is -0.467 e. The van der Waals surface area contributed by atoms with E-state index in [-0.39, 0.29) is 31.4 Å². The summed E-state index contributed by atoms with van der Waals surface area (Å²) in [6, 6.07) is 3.45. The molecule has 0 unspecified atom stereocenters. The molecule has 0 bridgehead atoms. The molecule has 2 aromatic heterocycles. The van der Waals surface area contributed by atoms with E-state index in [1.54, 1.807) is 30.5 Å². The first-order valence-corrected chi connectivity index (χ1v) is 8.95. The number of ketones is 1. The quantitative estimate of drug-likeness (QED) is 0.482. The number of carbonyl (C=O) groups is 3. The number of ether oxygens (including phenoxy) is 2. The van der Waals surface area contributed by atoms with Gasteiger partial charge in [-0.2, -0.15) is 0 Å². The maximum atomic E-state index is 13.1. The number of Topliss-reactive ketones (excluding diaryl/α,β-unsaturated/α-hetero) is 1. The second-order valence-electron chi connectivity index (χ2n) is 6.36. The molecule has 0 saturated carbocycles. The molecule has 8 nitrogen and oxygen atoms in total. The number of furan rings is 1. The average Bonchev–Trinajstić information content (AvgIpc) is 3.26. The molecule has 0 saturated heterocycles. The van der Waals surface area contributed by atoms with Gasteiger partial charge in [0.1, 0.15) is 18.1 Å². The number of nitrogens with zero attached hydrogens (tertiary/aromatic N) is 2. The van der Waals surface area contributed by atoms with Gasteiger partial charge in [0, 0.05) is 24.9 Å². The Hall–Kier alpha value is -2.87. The summed E-state index contributed by atoms with van der Waals surface area (Å²) in [5, 5.41) is 0. The maximum Gasteiger partial charge on any atom is 0.354 e. The van der Waals surface area contributed by atoms with E-state index in [1.165, 1.54) is 25.4 Å². The third-order valence-electron chi connectivity index (χ3n) is 4.62. The molecule has 2 aromatic rings. The maximum absolute atomic E-state index is 13.1. The van der Waals surface area contributed by atoms with Gasteiger partial charge in [-0.15, -0.1) is 0 Å². The van der Waals surface area contributed by atoms with Gasteiger partial charge in [0.05, 0.1) is 26.5 Å². The fraction of sp³-hybridized carbons (Fsp3) is 0.450. The molecule has 2 heterocycles. The van der Waals surface area contributed by atoms with Gasteiger partial charge in [-0.1, -0.05) is 0 Å². The first-order valence-electron chi connectivity index (χ1n) is 8.95. The summed E-state index contributed by atoms with van der Waals surface area (Å²) >= 11 is 0. The highest BCUT2D eigenvalue weighted by atomic mass is 16.5. The Labute approximate surface area is 164 Å². The standard InChI is InChI=1S/C20H26N2O6/c1-6-22-14(3)18(13(2)19(22)20(25)27-5)16(23)11-21(17(24)12-26-4)10-15-8-7-9-28-15/h7-9H,6,10-12H2,1-5H3. The van der Waals surface area contributed by atoms with E-state index >= 15 is 0 Å². The Morgan fingerprint density at radius 1 is 1.21 bits per heavy atom. The first kappa shape index (κ1) is 21.4. The van der Waals surface area contributed by atoms with Crippen LogP contribution in [0.5, 0.6) is 0 Å². The number of rotatable bonds is 9. The minimum absolute atomic E-state index is 0.144. The van der Waals surface area contributed by atoms with Gasteiger partial charge in [-0.3, -0.25) is 9.59 Å². The van der Waals surface area contributed by atoms with Crippen molar-refractivity contribution in [1.82, 2.24) is 9.47 Å². The lowest BCUT2D eigenvalue weighted by atomic mass is 10.1. The molecule has 0 fully saturated rings. The number of methoxy groups -OCH3 is 2. The van der Waals surface area contributed by atoms with E-state index in [1.807, 2.05) is 6.92 Å². The van der Waals surface area contributed by atoms with Crippen molar-refractivity contribution in [3.8, 4) is 0 Å². The SMILES string of the molecule is CCn1c(C)c(C(=O)CN(Cc2ccco2)C(=O)COC)c(C)c1C(=O)OC.